The van der Waals surface area contributed by atoms with Crippen molar-refractivity contribution in [3.63, 3.8) is 0 Å². The molecule has 1 amide bonds. The average molecular weight is 376 g/mol. The molecule has 0 saturated heterocycles. The van der Waals surface area contributed by atoms with Gasteiger partial charge in [0.2, 0.25) is 0 Å². The number of pyridine rings is 1. The molecule has 0 saturated carbocycles. The Morgan fingerprint density at radius 1 is 1.15 bits per heavy atom. The minimum Gasteiger partial charge on any atom is -0.307 e. The molecular formula is C19H19F3N2OSi. The number of alkyl halides is 3. The molecule has 2 aromatic rings. The van der Waals surface area contributed by atoms with Crippen molar-refractivity contribution in [2.75, 3.05) is 5.32 Å². The van der Waals surface area contributed by atoms with Crippen LogP contribution < -0.4 is 5.32 Å². The molecule has 1 aromatic carbocycles. The Morgan fingerprint density at radius 2 is 1.85 bits per heavy atom. The van der Waals surface area contributed by atoms with Crippen LogP contribution in [0.2, 0.25) is 19.6 Å². The molecule has 0 unspecified atom stereocenters. The Hall–Kier alpha value is -2.59. The summed E-state index contributed by atoms with van der Waals surface area (Å²) >= 11 is 0. The number of carbonyl (C=O) groups is 1. The molecule has 0 fully saturated rings. The van der Waals surface area contributed by atoms with Gasteiger partial charge in [0.05, 0.1) is 5.56 Å². The highest BCUT2D eigenvalue weighted by atomic mass is 28.3. The summed E-state index contributed by atoms with van der Waals surface area (Å²) in [4.78, 5) is 16.1. The van der Waals surface area contributed by atoms with E-state index in [0.29, 0.717) is 5.56 Å². The van der Waals surface area contributed by atoms with Crippen LogP contribution >= 0.6 is 0 Å². The van der Waals surface area contributed by atoms with E-state index in [2.05, 4.69) is 41.4 Å². The zero-order chi connectivity index (χ0) is 19.5. The van der Waals surface area contributed by atoms with Crippen molar-refractivity contribution >= 4 is 19.8 Å². The van der Waals surface area contributed by atoms with Crippen LogP contribution in [-0.2, 0) is 6.18 Å². The molecule has 3 nitrogen and oxygen atoms in total. The molecule has 0 radical (unpaired) electrons. The number of anilines is 1. The molecule has 0 aliphatic heterocycles. The fraction of sp³-hybridized carbons (Fsp3) is 0.263. The van der Waals surface area contributed by atoms with Crippen LogP contribution in [0.3, 0.4) is 0 Å². The fourth-order valence-electron chi connectivity index (χ4n) is 2.02. The molecule has 136 valence electrons. The fourth-order valence-corrected chi connectivity index (χ4v) is 2.53. The van der Waals surface area contributed by atoms with Gasteiger partial charge in [0, 0.05) is 17.3 Å². The number of nitrogens with zero attached hydrogens (tertiary/aromatic N) is 1. The molecule has 0 bridgehead atoms. The highest BCUT2D eigenvalue weighted by Crippen LogP contribution is 2.30. The highest BCUT2D eigenvalue weighted by molar-refractivity contribution is 6.83. The number of halogens is 3. The van der Waals surface area contributed by atoms with Gasteiger partial charge in [0.1, 0.15) is 13.9 Å². The maximum Gasteiger partial charge on any atom is 0.416 e. The largest absolute Gasteiger partial charge is 0.416 e. The minimum atomic E-state index is -4.49. The van der Waals surface area contributed by atoms with Crippen LogP contribution in [0.1, 0.15) is 27.0 Å². The van der Waals surface area contributed by atoms with Crippen LogP contribution in [0.15, 0.2) is 36.5 Å². The van der Waals surface area contributed by atoms with E-state index < -0.39 is 25.7 Å². The first kappa shape index (κ1) is 19.7. The third-order valence-corrected chi connectivity index (χ3v) is 4.28. The average Bonchev–Trinajstić information content (AvgIpc) is 2.52. The second-order valence-corrected chi connectivity index (χ2v) is 11.7. The monoisotopic (exact) mass is 376 g/mol. The Balaban J connectivity index is 2.27. The Bertz CT molecular complexity index is 890. The van der Waals surface area contributed by atoms with E-state index in [1.807, 2.05) is 6.92 Å². The molecular weight excluding hydrogens is 357 g/mol. The predicted octanol–water partition coefficient (Wildman–Crippen LogP) is 4.89. The maximum absolute atomic E-state index is 12.8. The van der Waals surface area contributed by atoms with Crippen molar-refractivity contribution in [2.24, 2.45) is 0 Å². The van der Waals surface area contributed by atoms with E-state index in [0.717, 1.165) is 29.5 Å². The third kappa shape index (κ3) is 5.46. The van der Waals surface area contributed by atoms with E-state index in [1.54, 1.807) is 18.2 Å². The summed E-state index contributed by atoms with van der Waals surface area (Å²) in [7, 11) is -1.57. The van der Waals surface area contributed by atoms with Crippen molar-refractivity contribution in [1.29, 1.82) is 0 Å². The third-order valence-electron chi connectivity index (χ3n) is 3.40. The summed E-state index contributed by atoms with van der Waals surface area (Å²) in [5.41, 5.74) is 4.35. The van der Waals surface area contributed by atoms with Crippen LogP contribution in [0.4, 0.5) is 19.0 Å². The lowest BCUT2D eigenvalue weighted by Gasteiger charge is -2.10. The topological polar surface area (TPSA) is 42.0 Å². The molecule has 1 aromatic heterocycles. The lowest BCUT2D eigenvalue weighted by atomic mass is 10.1. The van der Waals surface area contributed by atoms with E-state index in [4.69, 9.17) is 0 Å². The summed E-state index contributed by atoms with van der Waals surface area (Å²) in [6.07, 6.45) is -3.48. The van der Waals surface area contributed by atoms with Crippen LogP contribution in [0.25, 0.3) is 0 Å². The molecule has 7 heteroatoms. The standard InChI is InChI=1S/C19H19F3N2OSi/c1-13-5-6-15(11-14(13)8-10-26(2,3)4)18(25)24-17-12-16(7-9-23-17)19(20,21)22/h5-7,9,11-12H,1-4H3,(H,23,24,25). The lowest BCUT2D eigenvalue weighted by molar-refractivity contribution is -0.137. The molecule has 26 heavy (non-hydrogen) atoms. The zero-order valence-corrected chi connectivity index (χ0v) is 16.0. The smallest absolute Gasteiger partial charge is 0.307 e. The Morgan fingerprint density at radius 3 is 2.46 bits per heavy atom. The Labute approximate surface area is 151 Å². The number of hydrogen-bond acceptors (Lipinski definition) is 2. The normalized spacial score (nSPS) is 11.5. The number of hydrogen-bond donors (Lipinski definition) is 1. The quantitative estimate of drug-likeness (QED) is 0.599. The zero-order valence-electron chi connectivity index (χ0n) is 15.0. The number of nitrogens with one attached hydrogen (secondary N) is 1. The number of aromatic nitrogens is 1. The SMILES string of the molecule is Cc1ccc(C(=O)Nc2cc(C(F)(F)F)ccn2)cc1C#C[Si](C)(C)C. The van der Waals surface area contributed by atoms with Crippen molar-refractivity contribution < 1.29 is 18.0 Å². The number of aryl methyl sites for hydroxylation is 1. The van der Waals surface area contributed by atoms with Gasteiger partial charge < -0.3 is 5.32 Å². The van der Waals surface area contributed by atoms with Gasteiger partial charge in [-0.05, 0) is 36.8 Å². The minimum absolute atomic E-state index is 0.153. The summed E-state index contributed by atoms with van der Waals surface area (Å²) in [6, 6.07) is 6.68. The van der Waals surface area contributed by atoms with Gasteiger partial charge in [-0.25, -0.2) is 4.98 Å². The van der Waals surface area contributed by atoms with Crippen molar-refractivity contribution in [2.45, 2.75) is 32.7 Å². The summed E-state index contributed by atoms with van der Waals surface area (Å²) in [5, 5.41) is 2.40. The van der Waals surface area contributed by atoms with Crippen LogP contribution in [0.5, 0.6) is 0 Å². The van der Waals surface area contributed by atoms with Gasteiger partial charge >= 0.3 is 6.18 Å². The first-order chi connectivity index (χ1) is 12.0. The van der Waals surface area contributed by atoms with Gasteiger partial charge in [-0.1, -0.05) is 31.6 Å². The number of amides is 1. The van der Waals surface area contributed by atoms with Crippen molar-refractivity contribution in [3.05, 3.63) is 58.8 Å². The van der Waals surface area contributed by atoms with Gasteiger partial charge in [0.25, 0.3) is 5.91 Å². The molecule has 2 rings (SSSR count). The molecule has 1 N–H and O–H groups in total. The van der Waals surface area contributed by atoms with Gasteiger partial charge in [-0.2, -0.15) is 13.2 Å². The first-order valence-corrected chi connectivity index (χ1v) is 11.4. The first-order valence-electron chi connectivity index (χ1n) is 7.94. The van der Waals surface area contributed by atoms with Crippen molar-refractivity contribution in [3.8, 4) is 11.5 Å². The number of rotatable bonds is 2. The van der Waals surface area contributed by atoms with E-state index in [-0.39, 0.29) is 5.82 Å². The molecule has 1 heterocycles. The second-order valence-electron chi connectivity index (χ2n) is 6.91. The number of carbonyl (C=O) groups excluding carboxylic acids is 1. The molecule has 0 aliphatic carbocycles. The van der Waals surface area contributed by atoms with E-state index in [1.165, 1.54) is 0 Å². The summed E-state index contributed by atoms with van der Waals surface area (Å²) < 4.78 is 38.3. The van der Waals surface area contributed by atoms with E-state index >= 15 is 0 Å². The van der Waals surface area contributed by atoms with Crippen molar-refractivity contribution in [1.82, 2.24) is 4.98 Å². The summed E-state index contributed by atoms with van der Waals surface area (Å²) in [6.45, 7) is 8.24. The van der Waals surface area contributed by atoms with Gasteiger partial charge in [0.15, 0.2) is 0 Å². The second kappa shape index (κ2) is 7.34. The molecule has 0 aliphatic rings. The molecule has 0 spiro atoms. The van der Waals surface area contributed by atoms with Gasteiger partial charge in [-0.15, -0.1) is 5.54 Å². The predicted molar refractivity (Wildman–Crippen MR) is 98.6 cm³/mol. The molecule has 0 atom stereocenters. The van der Waals surface area contributed by atoms with E-state index in [9.17, 15) is 18.0 Å². The maximum atomic E-state index is 12.8. The Kier molecular flexibility index (Phi) is 5.57. The number of benzene rings is 1. The van der Waals surface area contributed by atoms with Crippen LogP contribution in [-0.4, -0.2) is 19.0 Å². The summed E-state index contributed by atoms with van der Waals surface area (Å²) in [5.74, 6) is 2.42. The highest BCUT2D eigenvalue weighted by Gasteiger charge is 2.30. The lowest BCUT2D eigenvalue weighted by Crippen LogP contribution is -2.16. The van der Waals surface area contributed by atoms with Gasteiger partial charge in [-0.3, -0.25) is 4.79 Å². The van der Waals surface area contributed by atoms with Crippen LogP contribution in [0, 0.1) is 18.4 Å².